The van der Waals surface area contributed by atoms with E-state index in [4.69, 9.17) is 0 Å². The van der Waals surface area contributed by atoms with Gasteiger partial charge in [-0.25, -0.2) is 0 Å². The third-order valence-electron chi connectivity index (χ3n) is 7.51. The van der Waals surface area contributed by atoms with Crippen molar-refractivity contribution >= 4 is 6.72 Å². The summed E-state index contributed by atoms with van der Waals surface area (Å²) in [5.41, 5.74) is 0. The summed E-state index contributed by atoms with van der Waals surface area (Å²) in [6.45, 7) is 6.18. The van der Waals surface area contributed by atoms with Crippen LogP contribution >= 0.6 is 0 Å². The van der Waals surface area contributed by atoms with E-state index in [1.54, 1.807) is 19.3 Å². The van der Waals surface area contributed by atoms with Crippen molar-refractivity contribution in [2.75, 3.05) is 0 Å². The molecule has 1 nitrogen and oxygen atoms in total. The van der Waals surface area contributed by atoms with Crippen LogP contribution in [0.5, 0.6) is 0 Å². The van der Waals surface area contributed by atoms with Crippen LogP contribution in [0.25, 0.3) is 0 Å². The molecule has 3 rings (SSSR count). The summed E-state index contributed by atoms with van der Waals surface area (Å²) in [5, 5.41) is 0. The highest BCUT2D eigenvalue weighted by Gasteiger charge is 2.28. The third-order valence-corrected chi connectivity index (χ3v) is 7.51. The summed E-state index contributed by atoms with van der Waals surface area (Å²) >= 11 is 0. The molecule has 0 aromatic carbocycles. The lowest BCUT2D eigenvalue weighted by Crippen LogP contribution is -2.23. The predicted octanol–water partition coefficient (Wildman–Crippen LogP) is 6.66. The Balaban J connectivity index is 1.32. The first-order valence-corrected chi connectivity index (χ1v) is 10.7. The molecule has 0 atom stereocenters. The molecule has 3 saturated carbocycles. The molecule has 3 fully saturated rings. The Morgan fingerprint density at radius 3 is 1.35 bits per heavy atom. The Kier molecular flexibility index (Phi) is 6.60. The quantitative estimate of drug-likeness (QED) is 0.503. The highest BCUT2D eigenvalue weighted by molar-refractivity contribution is 5.24. The lowest BCUT2D eigenvalue weighted by atomic mass is 9.71. The van der Waals surface area contributed by atoms with Crippen molar-refractivity contribution in [3.8, 4) is 0 Å². The minimum absolute atomic E-state index is 0.584. The average Bonchev–Trinajstić information content (AvgIpc) is 2.59. The zero-order valence-electron chi connectivity index (χ0n) is 15.5. The van der Waals surface area contributed by atoms with Crippen molar-refractivity contribution in [2.24, 2.45) is 34.6 Å². The molecular formula is C22H39N. The zero-order chi connectivity index (χ0) is 16.1. The number of aliphatic imine (C=N–C) groups is 1. The minimum atomic E-state index is 0.584. The van der Waals surface area contributed by atoms with E-state index in [2.05, 4.69) is 18.6 Å². The van der Waals surface area contributed by atoms with Gasteiger partial charge in [-0.05, 0) is 74.8 Å². The van der Waals surface area contributed by atoms with E-state index >= 15 is 0 Å². The van der Waals surface area contributed by atoms with E-state index in [-0.39, 0.29) is 0 Å². The van der Waals surface area contributed by atoms with Crippen LogP contribution in [0.1, 0.15) is 96.8 Å². The Hall–Kier alpha value is -0.330. The summed E-state index contributed by atoms with van der Waals surface area (Å²) in [6, 6.07) is 0.584. The molecule has 0 radical (unpaired) electrons. The van der Waals surface area contributed by atoms with Gasteiger partial charge in [0.1, 0.15) is 0 Å². The molecule has 0 aromatic rings. The fourth-order valence-corrected chi connectivity index (χ4v) is 5.77. The van der Waals surface area contributed by atoms with Crippen LogP contribution in [0.15, 0.2) is 4.99 Å². The van der Waals surface area contributed by atoms with Crippen LogP contribution in [0.2, 0.25) is 0 Å². The summed E-state index contributed by atoms with van der Waals surface area (Å²) in [4.78, 5) is 4.25. The van der Waals surface area contributed by atoms with Crippen LogP contribution in [0.4, 0.5) is 0 Å². The van der Waals surface area contributed by atoms with E-state index in [0.29, 0.717) is 6.04 Å². The molecule has 0 spiro atoms. The SMILES string of the molecule is C=NC1CCC(CC2CCC(CC3CCC(C)CC3)CC2)CC1. The van der Waals surface area contributed by atoms with E-state index in [9.17, 15) is 0 Å². The van der Waals surface area contributed by atoms with Gasteiger partial charge in [0, 0.05) is 6.04 Å². The molecule has 0 bridgehead atoms. The molecule has 0 aliphatic heterocycles. The monoisotopic (exact) mass is 317 g/mol. The van der Waals surface area contributed by atoms with Crippen molar-refractivity contribution < 1.29 is 0 Å². The molecule has 3 aliphatic rings. The summed E-state index contributed by atoms with van der Waals surface area (Å²) in [7, 11) is 0. The second-order valence-electron chi connectivity index (χ2n) is 9.34. The Labute approximate surface area is 144 Å². The molecular weight excluding hydrogens is 278 g/mol. The van der Waals surface area contributed by atoms with Crippen LogP contribution in [0, 0.1) is 29.6 Å². The van der Waals surface area contributed by atoms with Gasteiger partial charge in [-0.15, -0.1) is 0 Å². The fourth-order valence-electron chi connectivity index (χ4n) is 5.77. The fraction of sp³-hybridized carbons (Fsp3) is 0.955. The normalized spacial score (nSPS) is 42.3. The zero-order valence-corrected chi connectivity index (χ0v) is 15.5. The first-order valence-electron chi connectivity index (χ1n) is 10.7. The second-order valence-corrected chi connectivity index (χ2v) is 9.34. The molecule has 132 valence electrons. The smallest absolute Gasteiger partial charge is 0.0492 e. The van der Waals surface area contributed by atoms with Gasteiger partial charge in [-0.2, -0.15) is 0 Å². The van der Waals surface area contributed by atoms with Crippen molar-refractivity contribution in [1.82, 2.24) is 0 Å². The lowest BCUT2D eigenvalue weighted by Gasteiger charge is -2.35. The number of nitrogens with zero attached hydrogens (tertiary/aromatic N) is 1. The van der Waals surface area contributed by atoms with Gasteiger partial charge >= 0.3 is 0 Å². The Bertz CT molecular complexity index is 339. The number of rotatable bonds is 5. The molecule has 0 saturated heterocycles. The maximum absolute atomic E-state index is 4.25. The van der Waals surface area contributed by atoms with Gasteiger partial charge in [0.15, 0.2) is 0 Å². The summed E-state index contributed by atoms with van der Waals surface area (Å²) in [6.07, 6.45) is 20.8. The van der Waals surface area contributed by atoms with Crippen LogP contribution in [-0.2, 0) is 0 Å². The maximum atomic E-state index is 4.25. The third kappa shape index (κ3) is 5.33. The van der Waals surface area contributed by atoms with E-state index in [1.165, 1.54) is 70.6 Å². The van der Waals surface area contributed by atoms with Crippen molar-refractivity contribution in [3.63, 3.8) is 0 Å². The van der Waals surface area contributed by atoms with Crippen molar-refractivity contribution in [3.05, 3.63) is 0 Å². The maximum Gasteiger partial charge on any atom is 0.0492 e. The number of hydrogen-bond acceptors (Lipinski definition) is 1. The van der Waals surface area contributed by atoms with Crippen LogP contribution < -0.4 is 0 Å². The van der Waals surface area contributed by atoms with Gasteiger partial charge in [0.25, 0.3) is 0 Å². The van der Waals surface area contributed by atoms with Crippen molar-refractivity contribution in [1.29, 1.82) is 0 Å². The van der Waals surface area contributed by atoms with Gasteiger partial charge in [-0.1, -0.05) is 58.3 Å². The van der Waals surface area contributed by atoms with Gasteiger partial charge < -0.3 is 0 Å². The van der Waals surface area contributed by atoms with Gasteiger partial charge in [0.2, 0.25) is 0 Å². The highest BCUT2D eigenvalue weighted by atomic mass is 14.7. The standard InChI is InChI=1S/C22H39N/c1-17-3-5-18(6-4-17)15-19-7-9-20(10-8-19)16-21-11-13-22(23-2)14-12-21/h17-22H,2-16H2,1H3. The average molecular weight is 318 g/mol. The van der Waals surface area contributed by atoms with Crippen molar-refractivity contribution in [2.45, 2.75) is 103 Å². The Morgan fingerprint density at radius 2 is 0.957 bits per heavy atom. The molecule has 0 N–H and O–H groups in total. The van der Waals surface area contributed by atoms with Gasteiger partial charge in [-0.3, -0.25) is 4.99 Å². The molecule has 0 unspecified atom stereocenters. The minimum Gasteiger partial charge on any atom is -0.298 e. The van der Waals surface area contributed by atoms with E-state index in [1.807, 2.05) is 0 Å². The topological polar surface area (TPSA) is 12.4 Å². The lowest BCUT2D eigenvalue weighted by molar-refractivity contribution is 0.172. The molecule has 3 aliphatic carbocycles. The predicted molar refractivity (Wildman–Crippen MR) is 101 cm³/mol. The number of hydrogen-bond donors (Lipinski definition) is 0. The molecule has 0 amide bonds. The van der Waals surface area contributed by atoms with Gasteiger partial charge in [0.05, 0.1) is 0 Å². The second kappa shape index (κ2) is 8.67. The van der Waals surface area contributed by atoms with Crippen LogP contribution in [0.3, 0.4) is 0 Å². The molecule has 23 heavy (non-hydrogen) atoms. The summed E-state index contributed by atoms with van der Waals surface area (Å²) in [5.74, 6) is 5.22. The highest BCUT2D eigenvalue weighted by Crippen LogP contribution is 2.41. The first kappa shape index (κ1) is 17.5. The van der Waals surface area contributed by atoms with E-state index < -0.39 is 0 Å². The largest absolute Gasteiger partial charge is 0.298 e. The Morgan fingerprint density at radius 1 is 0.609 bits per heavy atom. The van der Waals surface area contributed by atoms with E-state index in [0.717, 1.165) is 29.6 Å². The van der Waals surface area contributed by atoms with Crippen LogP contribution in [-0.4, -0.2) is 12.8 Å². The first-order chi connectivity index (χ1) is 11.2. The summed E-state index contributed by atoms with van der Waals surface area (Å²) < 4.78 is 0. The molecule has 1 heteroatoms. The molecule has 0 aromatic heterocycles. The molecule has 0 heterocycles.